The lowest BCUT2D eigenvalue weighted by molar-refractivity contribution is 0.530. The molecule has 0 aromatic heterocycles. The Morgan fingerprint density at radius 1 is 1.58 bits per heavy atom. The van der Waals surface area contributed by atoms with Gasteiger partial charge in [0.25, 0.3) is 0 Å². The molecule has 1 unspecified atom stereocenters. The third-order valence-corrected chi connectivity index (χ3v) is 2.72. The molecular formula is C7H14N2O2S. The van der Waals surface area contributed by atoms with E-state index in [1.807, 2.05) is 13.8 Å². The van der Waals surface area contributed by atoms with E-state index in [0.717, 1.165) is 6.42 Å². The fourth-order valence-corrected chi connectivity index (χ4v) is 1.36. The Hall–Kier alpha value is -0.600. The van der Waals surface area contributed by atoms with Gasteiger partial charge in [0, 0.05) is 6.54 Å². The summed E-state index contributed by atoms with van der Waals surface area (Å²) in [6.45, 7) is 4.36. The van der Waals surface area contributed by atoms with Gasteiger partial charge in [-0.25, -0.2) is 13.1 Å². The molecule has 4 nitrogen and oxygen atoms in total. The third kappa shape index (κ3) is 5.10. The fraction of sp³-hybridized carbons (Fsp3) is 0.857. The summed E-state index contributed by atoms with van der Waals surface area (Å²) < 4.78 is 24.2. The molecule has 0 radical (unpaired) electrons. The molecule has 1 N–H and O–H groups in total. The van der Waals surface area contributed by atoms with Crippen LogP contribution in [-0.2, 0) is 10.0 Å². The summed E-state index contributed by atoms with van der Waals surface area (Å²) in [6.07, 6.45) is 0.926. The summed E-state index contributed by atoms with van der Waals surface area (Å²) in [7, 11) is -3.35. The number of nitrogens with zero attached hydrogens (tertiary/aromatic N) is 1. The maximum absolute atomic E-state index is 10.9. The lowest BCUT2D eigenvalue weighted by Crippen LogP contribution is -2.29. The van der Waals surface area contributed by atoms with Crippen LogP contribution in [0.3, 0.4) is 0 Å². The number of hydrogen-bond donors (Lipinski definition) is 1. The van der Waals surface area contributed by atoms with Gasteiger partial charge in [0.05, 0.1) is 6.07 Å². The first-order valence-electron chi connectivity index (χ1n) is 3.86. The molecule has 0 rings (SSSR count). The average Bonchev–Trinajstić information content (AvgIpc) is 2.00. The lowest BCUT2D eigenvalue weighted by Gasteiger charge is -2.08. The molecule has 70 valence electrons. The molecule has 0 aliphatic carbocycles. The first kappa shape index (κ1) is 11.4. The van der Waals surface area contributed by atoms with Crippen LogP contribution in [0.25, 0.3) is 0 Å². The van der Waals surface area contributed by atoms with Crippen molar-refractivity contribution in [3.05, 3.63) is 0 Å². The highest BCUT2D eigenvalue weighted by molar-refractivity contribution is 7.89. The van der Waals surface area contributed by atoms with Gasteiger partial charge in [-0.1, -0.05) is 20.3 Å². The number of rotatable bonds is 5. The van der Waals surface area contributed by atoms with E-state index in [0.29, 0.717) is 12.5 Å². The average molecular weight is 190 g/mol. The summed E-state index contributed by atoms with van der Waals surface area (Å²) in [5.41, 5.74) is 0. The van der Waals surface area contributed by atoms with Crippen molar-refractivity contribution in [2.24, 2.45) is 5.92 Å². The van der Waals surface area contributed by atoms with Gasteiger partial charge in [0.1, 0.15) is 0 Å². The molecule has 0 aliphatic heterocycles. The summed E-state index contributed by atoms with van der Waals surface area (Å²) in [5.74, 6) is -0.137. The maximum Gasteiger partial charge on any atom is 0.225 e. The van der Waals surface area contributed by atoms with Crippen LogP contribution < -0.4 is 4.72 Å². The van der Waals surface area contributed by atoms with Gasteiger partial charge in [0.2, 0.25) is 10.0 Å². The first-order valence-corrected chi connectivity index (χ1v) is 5.51. The number of sulfonamides is 1. The molecule has 0 fully saturated rings. The number of nitriles is 1. The molecule has 0 saturated heterocycles. The van der Waals surface area contributed by atoms with Gasteiger partial charge in [0.15, 0.2) is 5.75 Å². The Morgan fingerprint density at radius 2 is 2.17 bits per heavy atom. The van der Waals surface area contributed by atoms with Crippen molar-refractivity contribution in [3.63, 3.8) is 0 Å². The second-order valence-electron chi connectivity index (χ2n) is 2.78. The highest BCUT2D eigenvalue weighted by Gasteiger charge is 2.09. The highest BCUT2D eigenvalue weighted by Crippen LogP contribution is 1.98. The van der Waals surface area contributed by atoms with Gasteiger partial charge in [-0.3, -0.25) is 0 Å². The molecule has 0 aliphatic rings. The molecule has 0 saturated carbocycles. The predicted octanol–water partition coefficient (Wildman–Crippen LogP) is 0.475. The normalized spacial score (nSPS) is 13.8. The van der Waals surface area contributed by atoms with E-state index in [1.54, 1.807) is 6.07 Å². The van der Waals surface area contributed by atoms with Crippen LogP contribution in [0, 0.1) is 17.2 Å². The van der Waals surface area contributed by atoms with Crippen LogP contribution in [0.4, 0.5) is 0 Å². The Balaban J connectivity index is 3.86. The van der Waals surface area contributed by atoms with Gasteiger partial charge in [-0.05, 0) is 5.92 Å². The largest absolute Gasteiger partial charge is 0.225 e. The van der Waals surface area contributed by atoms with Crippen molar-refractivity contribution in [1.29, 1.82) is 5.26 Å². The third-order valence-electron chi connectivity index (χ3n) is 1.60. The quantitative estimate of drug-likeness (QED) is 0.685. The minimum atomic E-state index is -3.35. The van der Waals surface area contributed by atoms with E-state index in [2.05, 4.69) is 4.72 Å². The number of nitrogens with one attached hydrogen (secondary N) is 1. The van der Waals surface area contributed by atoms with Crippen molar-refractivity contribution in [2.75, 3.05) is 12.3 Å². The molecule has 0 heterocycles. The first-order chi connectivity index (χ1) is 5.52. The minimum Gasteiger partial charge on any atom is -0.214 e. The Kier molecular flexibility index (Phi) is 4.86. The van der Waals surface area contributed by atoms with Gasteiger partial charge in [-0.15, -0.1) is 0 Å². The Labute approximate surface area is 73.6 Å². The standard InChI is InChI=1S/C7H14N2O2S/c1-3-7(2)6-9-12(10,11)5-4-8/h7,9H,3,5-6H2,1-2H3. The van der Waals surface area contributed by atoms with Gasteiger partial charge < -0.3 is 0 Å². The molecule has 0 aromatic carbocycles. The van der Waals surface area contributed by atoms with E-state index in [-0.39, 0.29) is 0 Å². The second-order valence-corrected chi connectivity index (χ2v) is 4.59. The molecule has 5 heteroatoms. The molecule has 1 atom stereocenters. The minimum absolute atomic E-state index is 0.318. The van der Waals surface area contributed by atoms with Crippen molar-refractivity contribution >= 4 is 10.0 Å². The lowest BCUT2D eigenvalue weighted by atomic mass is 10.1. The maximum atomic E-state index is 10.9. The summed E-state index contributed by atoms with van der Waals surface area (Å²) in [4.78, 5) is 0. The summed E-state index contributed by atoms with van der Waals surface area (Å²) in [6, 6.07) is 1.60. The summed E-state index contributed by atoms with van der Waals surface area (Å²) >= 11 is 0. The molecule has 0 bridgehead atoms. The zero-order valence-electron chi connectivity index (χ0n) is 7.37. The fourth-order valence-electron chi connectivity index (χ4n) is 0.550. The van der Waals surface area contributed by atoms with Crippen molar-refractivity contribution in [2.45, 2.75) is 20.3 Å². The van der Waals surface area contributed by atoms with Crippen LogP contribution in [0.5, 0.6) is 0 Å². The zero-order valence-corrected chi connectivity index (χ0v) is 8.19. The topological polar surface area (TPSA) is 70.0 Å². The Bertz CT molecular complexity index is 253. The van der Waals surface area contributed by atoms with Crippen LogP contribution in [0.1, 0.15) is 20.3 Å². The van der Waals surface area contributed by atoms with Crippen LogP contribution in [0.15, 0.2) is 0 Å². The molecule has 12 heavy (non-hydrogen) atoms. The molecule has 0 aromatic rings. The van der Waals surface area contributed by atoms with E-state index < -0.39 is 15.8 Å². The molecular weight excluding hydrogens is 176 g/mol. The molecule has 0 spiro atoms. The van der Waals surface area contributed by atoms with Crippen molar-refractivity contribution in [3.8, 4) is 6.07 Å². The Morgan fingerprint density at radius 3 is 2.58 bits per heavy atom. The van der Waals surface area contributed by atoms with Crippen LogP contribution in [-0.4, -0.2) is 20.7 Å². The molecule has 0 amide bonds. The van der Waals surface area contributed by atoms with Gasteiger partial charge >= 0.3 is 0 Å². The smallest absolute Gasteiger partial charge is 0.214 e. The van der Waals surface area contributed by atoms with Crippen LogP contribution >= 0.6 is 0 Å². The predicted molar refractivity (Wildman–Crippen MR) is 46.9 cm³/mol. The van der Waals surface area contributed by atoms with E-state index in [4.69, 9.17) is 5.26 Å². The van der Waals surface area contributed by atoms with Crippen molar-refractivity contribution < 1.29 is 8.42 Å². The van der Waals surface area contributed by atoms with Crippen molar-refractivity contribution in [1.82, 2.24) is 4.72 Å². The van der Waals surface area contributed by atoms with Gasteiger partial charge in [-0.2, -0.15) is 5.26 Å². The number of hydrogen-bond acceptors (Lipinski definition) is 3. The monoisotopic (exact) mass is 190 g/mol. The van der Waals surface area contributed by atoms with Crippen LogP contribution in [0.2, 0.25) is 0 Å². The summed E-state index contributed by atoms with van der Waals surface area (Å²) in [5, 5.41) is 8.16. The SMILES string of the molecule is CCC(C)CNS(=O)(=O)CC#N. The second kappa shape index (κ2) is 5.12. The van der Waals surface area contributed by atoms with E-state index in [1.165, 1.54) is 0 Å². The zero-order chi connectivity index (χ0) is 9.61. The highest BCUT2D eigenvalue weighted by atomic mass is 32.2. The van der Waals surface area contributed by atoms with E-state index in [9.17, 15) is 8.42 Å². The van der Waals surface area contributed by atoms with E-state index >= 15 is 0 Å².